The molecular formula is C20H20ClFN4O2. The van der Waals surface area contributed by atoms with E-state index in [1.54, 1.807) is 17.9 Å². The van der Waals surface area contributed by atoms with E-state index in [-0.39, 0.29) is 17.4 Å². The SMILES string of the molecule is CCn1nc(-c2ccc(Cl)c(F)c2)nc1CC(=O)NCc1cccc(OC)c1. The van der Waals surface area contributed by atoms with Gasteiger partial charge in [-0.3, -0.25) is 4.79 Å². The minimum Gasteiger partial charge on any atom is -0.497 e. The van der Waals surface area contributed by atoms with Gasteiger partial charge < -0.3 is 10.1 Å². The van der Waals surface area contributed by atoms with Crippen molar-refractivity contribution < 1.29 is 13.9 Å². The number of nitrogens with zero attached hydrogens (tertiary/aromatic N) is 3. The first kappa shape index (κ1) is 19.8. The number of hydrogen-bond donors (Lipinski definition) is 1. The van der Waals surface area contributed by atoms with Crippen LogP contribution < -0.4 is 10.1 Å². The van der Waals surface area contributed by atoms with Gasteiger partial charge in [0.05, 0.1) is 18.6 Å². The van der Waals surface area contributed by atoms with Gasteiger partial charge in [0.15, 0.2) is 5.82 Å². The molecule has 0 unspecified atom stereocenters. The van der Waals surface area contributed by atoms with Crippen LogP contribution in [0.2, 0.25) is 5.02 Å². The van der Waals surface area contributed by atoms with Crippen molar-refractivity contribution in [3.8, 4) is 17.1 Å². The molecule has 3 rings (SSSR count). The van der Waals surface area contributed by atoms with E-state index in [1.165, 1.54) is 12.1 Å². The number of amides is 1. The molecule has 146 valence electrons. The summed E-state index contributed by atoms with van der Waals surface area (Å²) in [5.41, 5.74) is 1.44. The Bertz CT molecular complexity index is 990. The average Bonchev–Trinajstić information content (AvgIpc) is 3.11. The van der Waals surface area contributed by atoms with Gasteiger partial charge in [0.2, 0.25) is 5.91 Å². The largest absolute Gasteiger partial charge is 0.497 e. The lowest BCUT2D eigenvalue weighted by atomic mass is 10.2. The summed E-state index contributed by atoms with van der Waals surface area (Å²) < 4.78 is 20.5. The van der Waals surface area contributed by atoms with Gasteiger partial charge in [-0.25, -0.2) is 14.1 Å². The van der Waals surface area contributed by atoms with Crippen molar-refractivity contribution >= 4 is 17.5 Å². The van der Waals surface area contributed by atoms with Crippen LogP contribution in [-0.4, -0.2) is 27.8 Å². The number of benzene rings is 2. The highest BCUT2D eigenvalue weighted by Gasteiger charge is 2.15. The van der Waals surface area contributed by atoms with E-state index in [0.717, 1.165) is 11.3 Å². The first-order valence-electron chi connectivity index (χ1n) is 8.79. The predicted molar refractivity (Wildman–Crippen MR) is 105 cm³/mol. The third-order valence-electron chi connectivity index (χ3n) is 4.17. The molecule has 1 aromatic heterocycles. The van der Waals surface area contributed by atoms with Crippen LogP contribution in [0.4, 0.5) is 4.39 Å². The summed E-state index contributed by atoms with van der Waals surface area (Å²) in [5.74, 6) is 0.879. The van der Waals surface area contributed by atoms with Gasteiger partial charge in [-0.05, 0) is 42.8 Å². The van der Waals surface area contributed by atoms with Crippen molar-refractivity contribution in [3.05, 3.63) is 64.7 Å². The zero-order valence-corrected chi connectivity index (χ0v) is 16.3. The molecule has 1 amide bonds. The van der Waals surface area contributed by atoms with Crippen LogP contribution >= 0.6 is 11.6 Å². The Kier molecular flexibility index (Phi) is 6.26. The highest BCUT2D eigenvalue weighted by atomic mass is 35.5. The van der Waals surface area contributed by atoms with E-state index in [1.807, 2.05) is 31.2 Å². The molecule has 0 radical (unpaired) electrons. The molecular weight excluding hydrogens is 383 g/mol. The molecule has 0 fully saturated rings. The second-order valence-electron chi connectivity index (χ2n) is 6.10. The van der Waals surface area contributed by atoms with Crippen LogP contribution in [0, 0.1) is 5.82 Å². The van der Waals surface area contributed by atoms with E-state index in [0.29, 0.717) is 30.3 Å². The molecule has 0 saturated carbocycles. The molecule has 8 heteroatoms. The summed E-state index contributed by atoms with van der Waals surface area (Å²) in [6.45, 7) is 2.83. The van der Waals surface area contributed by atoms with E-state index in [2.05, 4.69) is 15.4 Å². The fourth-order valence-corrected chi connectivity index (χ4v) is 2.82. The Morgan fingerprint density at radius 2 is 2.11 bits per heavy atom. The number of hydrogen-bond acceptors (Lipinski definition) is 4. The molecule has 0 bridgehead atoms. The number of ether oxygens (including phenoxy) is 1. The zero-order valence-electron chi connectivity index (χ0n) is 15.6. The van der Waals surface area contributed by atoms with Crippen molar-refractivity contribution in [2.45, 2.75) is 26.4 Å². The van der Waals surface area contributed by atoms with Crippen LogP contribution in [0.15, 0.2) is 42.5 Å². The smallest absolute Gasteiger partial charge is 0.227 e. The zero-order chi connectivity index (χ0) is 20.1. The predicted octanol–water partition coefficient (Wildman–Crippen LogP) is 3.63. The highest BCUT2D eigenvalue weighted by molar-refractivity contribution is 6.30. The average molecular weight is 403 g/mol. The Labute approximate surface area is 167 Å². The number of aryl methyl sites for hydroxylation is 1. The minimum absolute atomic E-state index is 0.0378. The van der Waals surface area contributed by atoms with E-state index in [4.69, 9.17) is 16.3 Å². The third-order valence-corrected chi connectivity index (χ3v) is 4.47. The number of rotatable bonds is 7. The van der Waals surface area contributed by atoms with E-state index < -0.39 is 5.82 Å². The number of carbonyl (C=O) groups excluding carboxylic acids is 1. The minimum atomic E-state index is -0.537. The maximum Gasteiger partial charge on any atom is 0.227 e. The molecule has 2 aromatic carbocycles. The van der Waals surface area contributed by atoms with Gasteiger partial charge in [-0.15, -0.1) is 0 Å². The molecule has 1 heterocycles. The Hall–Kier alpha value is -2.93. The fourth-order valence-electron chi connectivity index (χ4n) is 2.71. The molecule has 0 spiro atoms. The van der Waals surface area contributed by atoms with Crippen molar-refractivity contribution in [2.75, 3.05) is 7.11 Å². The van der Waals surface area contributed by atoms with Crippen LogP contribution in [0.25, 0.3) is 11.4 Å². The van der Waals surface area contributed by atoms with Crippen molar-refractivity contribution in [1.29, 1.82) is 0 Å². The first-order valence-corrected chi connectivity index (χ1v) is 9.16. The van der Waals surface area contributed by atoms with Crippen LogP contribution in [0.5, 0.6) is 5.75 Å². The molecule has 6 nitrogen and oxygen atoms in total. The molecule has 0 atom stereocenters. The normalized spacial score (nSPS) is 10.7. The number of nitrogens with one attached hydrogen (secondary N) is 1. The lowest BCUT2D eigenvalue weighted by Gasteiger charge is -2.07. The van der Waals surface area contributed by atoms with Crippen molar-refractivity contribution in [2.24, 2.45) is 0 Å². The molecule has 1 N–H and O–H groups in total. The summed E-state index contributed by atoms with van der Waals surface area (Å²) in [6.07, 6.45) is 0.0703. The second kappa shape index (κ2) is 8.84. The third kappa shape index (κ3) is 4.67. The molecule has 0 aliphatic heterocycles. The quantitative estimate of drug-likeness (QED) is 0.655. The fraction of sp³-hybridized carbons (Fsp3) is 0.250. The Morgan fingerprint density at radius 3 is 2.82 bits per heavy atom. The van der Waals surface area contributed by atoms with Gasteiger partial charge in [-0.1, -0.05) is 23.7 Å². The van der Waals surface area contributed by atoms with Gasteiger partial charge in [0.25, 0.3) is 0 Å². The van der Waals surface area contributed by atoms with E-state index >= 15 is 0 Å². The van der Waals surface area contributed by atoms with Gasteiger partial charge in [-0.2, -0.15) is 5.10 Å². The molecule has 28 heavy (non-hydrogen) atoms. The molecule has 0 aliphatic carbocycles. The molecule has 3 aromatic rings. The number of aromatic nitrogens is 3. The molecule has 0 aliphatic rings. The Morgan fingerprint density at radius 1 is 1.29 bits per heavy atom. The maximum absolute atomic E-state index is 13.7. The molecule has 0 saturated heterocycles. The second-order valence-corrected chi connectivity index (χ2v) is 6.51. The van der Waals surface area contributed by atoms with Crippen LogP contribution in [0.3, 0.4) is 0 Å². The Balaban J connectivity index is 1.69. The van der Waals surface area contributed by atoms with Crippen molar-refractivity contribution in [3.63, 3.8) is 0 Å². The number of carbonyl (C=O) groups is 1. The summed E-state index contributed by atoms with van der Waals surface area (Å²) in [6, 6.07) is 11.9. The highest BCUT2D eigenvalue weighted by Crippen LogP contribution is 2.22. The van der Waals surface area contributed by atoms with Gasteiger partial charge >= 0.3 is 0 Å². The van der Waals surface area contributed by atoms with Gasteiger partial charge in [0.1, 0.15) is 17.4 Å². The summed E-state index contributed by atoms with van der Waals surface area (Å²) in [7, 11) is 1.60. The van der Waals surface area contributed by atoms with Crippen molar-refractivity contribution in [1.82, 2.24) is 20.1 Å². The van der Waals surface area contributed by atoms with Crippen LogP contribution in [-0.2, 0) is 24.3 Å². The first-order chi connectivity index (χ1) is 13.5. The standard InChI is InChI=1S/C20H20ClFN4O2/c1-3-26-18(24-20(25-26)14-7-8-16(21)17(22)10-14)11-19(27)23-12-13-5-4-6-15(9-13)28-2/h4-10H,3,11-12H2,1-2H3,(H,23,27). The summed E-state index contributed by atoms with van der Waals surface area (Å²) in [4.78, 5) is 16.8. The van der Waals surface area contributed by atoms with Gasteiger partial charge in [0, 0.05) is 18.7 Å². The topological polar surface area (TPSA) is 69.0 Å². The number of methoxy groups -OCH3 is 1. The van der Waals surface area contributed by atoms with E-state index in [9.17, 15) is 9.18 Å². The van der Waals surface area contributed by atoms with Crippen LogP contribution in [0.1, 0.15) is 18.3 Å². The maximum atomic E-state index is 13.7. The lowest BCUT2D eigenvalue weighted by Crippen LogP contribution is -2.26. The summed E-state index contributed by atoms with van der Waals surface area (Å²) in [5, 5.41) is 7.26. The number of halogens is 2. The lowest BCUT2D eigenvalue weighted by molar-refractivity contribution is -0.120. The monoisotopic (exact) mass is 402 g/mol. The summed E-state index contributed by atoms with van der Waals surface area (Å²) >= 11 is 5.72.